The largest absolute Gasteiger partial charge is 0.411 e. The lowest BCUT2D eigenvalue weighted by atomic mass is 10.0. The minimum Gasteiger partial charge on any atom is -0.411 e. The van der Waals surface area contributed by atoms with Gasteiger partial charge >= 0.3 is 0 Å². The summed E-state index contributed by atoms with van der Waals surface area (Å²) < 4.78 is 6.49. The number of halogens is 1. The number of nitrogens with zero attached hydrogens (tertiary/aromatic N) is 3. The normalized spacial score (nSPS) is 15.8. The number of thioether (sulfide) groups is 1. The molecule has 1 heterocycles. The van der Waals surface area contributed by atoms with E-state index in [0.29, 0.717) is 24.0 Å². The summed E-state index contributed by atoms with van der Waals surface area (Å²) >= 11 is 4.56. The number of aromatic nitrogens is 2. The second kappa shape index (κ2) is 7.36. The van der Waals surface area contributed by atoms with Crippen molar-refractivity contribution in [1.29, 1.82) is 5.26 Å². The van der Waals surface area contributed by atoms with E-state index in [1.54, 1.807) is 0 Å². The highest BCUT2D eigenvalue weighted by molar-refractivity contribution is 9.10. The highest BCUT2D eigenvalue weighted by atomic mass is 79.9. The lowest BCUT2D eigenvalue weighted by Gasteiger charge is -2.21. The van der Waals surface area contributed by atoms with E-state index in [1.165, 1.54) is 11.8 Å². The summed E-state index contributed by atoms with van der Waals surface area (Å²) in [6.07, 6.45) is 3.38. The first-order valence-corrected chi connectivity index (χ1v) is 9.33. The summed E-state index contributed by atoms with van der Waals surface area (Å²) in [7, 11) is 0. The number of rotatable bonds is 5. The van der Waals surface area contributed by atoms with Crippen molar-refractivity contribution >= 4 is 33.6 Å². The number of nitriles is 1. The molecule has 0 bridgehead atoms. The van der Waals surface area contributed by atoms with Crippen LogP contribution >= 0.6 is 27.7 Å². The van der Waals surface area contributed by atoms with Crippen molar-refractivity contribution in [2.45, 2.75) is 36.4 Å². The summed E-state index contributed by atoms with van der Waals surface area (Å²) in [5, 5.41) is 20.4. The first-order valence-electron chi connectivity index (χ1n) is 7.55. The number of carbonyl (C=O) groups is 1. The topological polar surface area (TPSA) is 91.8 Å². The Morgan fingerprint density at radius 2 is 2.21 bits per heavy atom. The van der Waals surface area contributed by atoms with Gasteiger partial charge in [-0.1, -0.05) is 33.8 Å². The lowest BCUT2D eigenvalue weighted by molar-refractivity contribution is -0.119. The highest BCUT2D eigenvalue weighted by Gasteiger charge is 2.35. The molecule has 1 fully saturated rings. The van der Waals surface area contributed by atoms with E-state index >= 15 is 0 Å². The van der Waals surface area contributed by atoms with Crippen molar-refractivity contribution in [1.82, 2.24) is 15.5 Å². The molecule has 0 unspecified atom stereocenters. The number of hydrogen-bond donors (Lipinski definition) is 1. The van der Waals surface area contributed by atoms with Gasteiger partial charge in [-0.05, 0) is 43.9 Å². The molecule has 8 heteroatoms. The first-order chi connectivity index (χ1) is 11.6. The van der Waals surface area contributed by atoms with Crippen LogP contribution in [0.2, 0.25) is 0 Å². The Labute approximate surface area is 152 Å². The van der Waals surface area contributed by atoms with Crippen molar-refractivity contribution in [3.05, 3.63) is 28.7 Å². The Hall–Kier alpha value is -1.85. The van der Waals surface area contributed by atoms with Crippen LogP contribution in [0.3, 0.4) is 0 Å². The molecule has 1 aromatic heterocycles. The van der Waals surface area contributed by atoms with Crippen molar-refractivity contribution < 1.29 is 9.21 Å². The molecule has 1 amide bonds. The summed E-state index contributed by atoms with van der Waals surface area (Å²) in [5.74, 6) is 0.359. The third-order valence-electron chi connectivity index (χ3n) is 3.85. The minimum atomic E-state index is -0.700. The zero-order valence-electron chi connectivity index (χ0n) is 12.8. The first kappa shape index (κ1) is 17.0. The minimum absolute atomic E-state index is 0.142. The van der Waals surface area contributed by atoms with Crippen LogP contribution in [0.25, 0.3) is 11.5 Å². The Balaban J connectivity index is 1.57. The van der Waals surface area contributed by atoms with Crippen LogP contribution in [0.5, 0.6) is 0 Å². The van der Waals surface area contributed by atoms with Crippen molar-refractivity contribution in [2.24, 2.45) is 0 Å². The van der Waals surface area contributed by atoms with E-state index in [9.17, 15) is 10.1 Å². The monoisotopic (exact) mass is 406 g/mol. The summed E-state index contributed by atoms with van der Waals surface area (Å²) in [5.41, 5.74) is 0.107. The second-order valence-corrected chi connectivity index (χ2v) is 7.46. The lowest BCUT2D eigenvalue weighted by Crippen LogP contribution is -2.45. The van der Waals surface area contributed by atoms with Crippen LogP contribution in [-0.4, -0.2) is 27.4 Å². The second-order valence-electron chi connectivity index (χ2n) is 5.62. The molecule has 6 nitrogen and oxygen atoms in total. The number of benzene rings is 1. The fourth-order valence-electron chi connectivity index (χ4n) is 2.68. The maximum atomic E-state index is 12.1. The molecule has 0 saturated heterocycles. The van der Waals surface area contributed by atoms with Crippen LogP contribution in [0, 0.1) is 11.3 Å². The quantitative estimate of drug-likeness (QED) is 0.763. The number of nitrogens with one attached hydrogen (secondary N) is 1. The van der Waals surface area contributed by atoms with Gasteiger partial charge in [0.05, 0.1) is 11.8 Å². The van der Waals surface area contributed by atoms with Gasteiger partial charge < -0.3 is 9.73 Å². The number of hydrogen-bond acceptors (Lipinski definition) is 6. The van der Waals surface area contributed by atoms with Gasteiger partial charge in [0.15, 0.2) is 0 Å². The zero-order chi connectivity index (χ0) is 17.0. The van der Waals surface area contributed by atoms with Gasteiger partial charge in [0, 0.05) is 10.0 Å². The fraction of sp³-hybridized carbons (Fsp3) is 0.375. The molecular formula is C16H15BrN4O2S. The molecule has 3 rings (SSSR count). The SMILES string of the molecule is N#CC1(NC(=O)CSc2nnc(-c3cccc(Br)c3)o2)CCCC1. The molecule has 2 aromatic rings. The van der Waals surface area contributed by atoms with E-state index in [0.717, 1.165) is 22.9 Å². The van der Waals surface area contributed by atoms with Crippen molar-refractivity contribution in [3.63, 3.8) is 0 Å². The molecule has 1 saturated carbocycles. The average Bonchev–Trinajstić information content (AvgIpc) is 3.23. The van der Waals surface area contributed by atoms with Crippen LogP contribution in [0.15, 0.2) is 38.4 Å². The van der Waals surface area contributed by atoms with Crippen LogP contribution < -0.4 is 5.32 Å². The van der Waals surface area contributed by atoms with Crippen LogP contribution in [-0.2, 0) is 4.79 Å². The summed E-state index contributed by atoms with van der Waals surface area (Å²) in [6, 6.07) is 9.78. The van der Waals surface area contributed by atoms with Crippen LogP contribution in [0.4, 0.5) is 0 Å². The Kier molecular flexibility index (Phi) is 5.21. The van der Waals surface area contributed by atoms with E-state index in [2.05, 4.69) is 37.5 Å². The van der Waals surface area contributed by atoms with Gasteiger partial charge in [-0.15, -0.1) is 10.2 Å². The molecule has 0 radical (unpaired) electrons. The predicted molar refractivity (Wildman–Crippen MR) is 93.1 cm³/mol. The van der Waals surface area contributed by atoms with E-state index in [4.69, 9.17) is 4.42 Å². The number of amides is 1. The molecule has 124 valence electrons. The van der Waals surface area contributed by atoms with E-state index < -0.39 is 5.54 Å². The van der Waals surface area contributed by atoms with Gasteiger partial charge in [-0.25, -0.2) is 0 Å². The maximum Gasteiger partial charge on any atom is 0.277 e. The molecule has 0 spiro atoms. The van der Waals surface area contributed by atoms with Gasteiger partial charge in [0.25, 0.3) is 5.22 Å². The molecule has 1 aliphatic carbocycles. The molecule has 24 heavy (non-hydrogen) atoms. The predicted octanol–water partition coefficient (Wildman–Crippen LogP) is 3.54. The maximum absolute atomic E-state index is 12.1. The van der Waals surface area contributed by atoms with Gasteiger partial charge in [0.2, 0.25) is 11.8 Å². The summed E-state index contributed by atoms with van der Waals surface area (Å²) in [4.78, 5) is 12.1. The molecule has 1 N–H and O–H groups in total. The average molecular weight is 407 g/mol. The van der Waals surface area contributed by atoms with Gasteiger partial charge in [0.1, 0.15) is 5.54 Å². The third-order valence-corrected chi connectivity index (χ3v) is 5.17. The van der Waals surface area contributed by atoms with Crippen LogP contribution in [0.1, 0.15) is 25.7 Å². The van der Waals surface area contributed by atoms with Crippen molar-refractivity contribution in [2.75, 3.05) is 5.75 Å². The van der Waals surface area contributed by atoms with Crippen molar-refractivity contribution in [3.8, 4) is 17.5 Å². The molecular weight excluding hydrogens is 392 g/mol. The highest BCUT2D eigenvalue weighted by Crippen LogP contribution is 2.29. The van der Waals surface area contributed by atoms with Gasteiger partial charge in [-0.3, -0.25) is 4.79 Å². The Morgan fingerprint density at radius 1 is 1.42 bits per heavy atom. The third kappa shape index (κ3) is 3.97. The Morgan fingerprint density at radius 3 is 2.92 bits per heavy atom. The summed E-state index contributed by atoms with van der Waals surface area (Å²) in [6.45, 7) is 0. The molecule has 1 aliphatic rings. The standard InChI is InChI=1S/C16H15BrN4O2S/c17-12-5-3-4-11(8-12)14-20-21-15(23-14)24-9-13(22)19-16(10-18)6-1-2-7-16/h3-5,8H,1-2,6-7,9H2,(H,19,22). The molecule has 0 aliphatic heterocycles. The molecule has 1 aromatic carbocycles. The van der Waals surface area contributed by atoms with E-state index in [1.807, 2.05) is 24.3 Å². The van der Waals surface area contributed by atoms with Gasteiger partial charge in [-0.2, -0.15) is 5.26 Å². The smallest absolute Gasteiger partial charge is 0.277 e. The van der Waals surface area contributed by atoms with E-state index in [-0.39, 0.29) is 11.7 Å². The fourth-order valence-corrected chi connectivity index (χ4v) is 3.64. The zero-order valence-corrected chi connectivity index (χ0v) is 15.2. The number of carbonyl (C=O) groups excluding carboxylic acids is 1. The molecule has 0 atom stereocenters. The Bertz CT molecular complexity index is 780.